The monoisotopic (exact) mass is 258 g/mol. The minimum atomic E-state index is 0.267. The first-order valence-electron chi connectivity index (χ1n) is 6.94. The third kappa shape index (κ3) is 3.94. The van der Waals surface area contributed by atoms with Crippen LogP contribution in [0.25, 0.3) is 0 Å². The molecule has 0 radical (unpaired) electrons. The summed E-state index contributed by atoms with van der Waals surface area (Å²) in [6, 6.07) is 0. The Morgan fingerprint density at radius 2 is 1.33 bits per heavy atom. The van der Waals surface area contributed by atoms with E-state index in [1.54, 1.807) is 14.2 Å². The molecule has 3 heteroatoms. The Morgan fingerprint density at radius 3 is 1.61 bits per heavy atom. The first kappa shape index (κ1) is 15.9. The van der Waals surface area contributed by atoms with Crippen molar-refractivity contribution in [2.45, 2.75) is 39.7 Å². The smallest absolute Gasteiger partial charge is 0.0671 e. The van der Waals surface area contributed by atoms with E-state index in [-0.39, 0.29) is 6.10 Å². The summed E-state index contributed by atoms with van der Waals surface area (Å²) in [5, 5.41) is 0. The molecule has 0 saturated heterocycles. The van der Waals surface area contributed by atoms with Crippen LogP contribution in [0, 0.1) is 23.2 Å². The molecule has 0 heterocycles. The Labute approximate surface area is 112 Å². The zero-order valence-corrected chi connectivity index (χ0v) is 12.9. The molecule has 0 spiro atoms. The maximum absolute atomic E-state index is 5.72. The van der Waals surface area contributed by atoms with Gasteiger partial charge in [0, 0.05) is 33.2 Å². The molecule has 1 aliphatic rings. The molecule has 3 nitrogen and oxygen atoms in total. The third-order valence-electron chi connectivity index (χ3n) is 4.36. The number of ether oxygens (including phenoxy) is 3. The van der Waals surface area contributed by atoms with Crippen LogP contribution in [-0.4, -0.2) is 40.6 Å². The van der Waals surface area contributed by atoms with Crippen molar-refractivity contribution >= 4 is 0 Å². The normalized spacial score (nSPS) is 33.7. The fourth-order valence-corrected chi connectivity index (χ4v) is 3.33. The summed E-state index contributed by atoms with van der Waals surface area (Å²) in [7, 11) is 5.37. The quantitative estimate of drug-likeness (QED) is 0.759. The molecular formula is C15H30O3. The summed E-state index contributed by atoms with van der Waals surface area (Å²) >= 11 is 0. The molecule has 18 heavy (non-hydrogen) atoms. The molecule has 1 fully saturated rings. The lowest BCUT2D eigenvalue weighted by molar-refractivity contribution is -0.0915. The molecule has 0 aromatic heterocycles. The second-order valence-corrected chi connectivity index (χ2v) is 6.67. The highest BCUT2D eigenvalue weighted by Crippen LogP contribution is 2.43. The van der Waals surface area contributed by atoms with Gasteiger partial charge >= 0.3 is 0 Å². The molecule has 0 amide bonds. The molecule has 2 unspecified atom stereocenters. The van der Waals surface area contributed by atoms with Crippen molar-refractivity contribution in [2.24, 2.45) is 23.2 Å². The van der Waals surface area contributed by atoms with E-state index in [1.807, 2.05) is 7.11 Å². The Morgan fingerprint density at radius 1 is 0.889 bits per heavy atom. The van der Waals surface area contributed by atoms with Crippen LogP contribution in [0.4, 0.5) is 0 Å². The molecule has 2 atom stereocenters. The molecule has 1 aliphatic carbocycles. The SMILES string of the molecule is COCC1CC(C(C)(C)C)CC(COC)C1OC. The standard InChI is InChI=1S/C15H30O3/c1-15(2,3)13-7-11(9-16-4)14(18-6)12(8-13)10-17-5/h11-14H,7-10H2,1-6H3. The molecule has 0 bridgehead atoms. The van der Waals surface area contributed by atoms with Crippen molar-refractivity contribution < 1.29 is 14.2 Å². The molecule has 108 valence electrons. The zero-order valence-electron chi connectivity index (χ0n) is 12.9. The van der Waals surface area contributed by atoms with Gasteiger partial charge in [-0.2, -0.15) is 0 Å². The van der Waals surface area contributed by atoms with Crippen LogP contribution in [0.15, 0.2) is 0 Å². The summed E-state index contributed by atoms with van der Waals surface area (Å²) in [6.45, 7) is 8.56. The Bertz CT molecular complexity index is 218. The minimum Gasteiger partial charge on any atom is -0.384 e. The molecule has 1 saturated carbocycles. The Balaban J connectivity index is 2.81. The van der Waals surface area contributed by atoms with Crippen LogP contribution >= 0.6 is 0 Å². The number of methoxy groups -OCH3 is 3. The third-order valence-corrected chi connectivity index (χ3v) is 4.36. The second kappa shape index (κ2) is 6.88. The highest BCUT2D eigenvalue weighted by atomic mass is 16.5. The van der Waals surface area contributed by atoms with Crippen LogP contribution < -0.4 is 0 Å². The summed E-state index contributed by atoms with van der Waals surface area (Å²) in [6.07, 6.45) is 2.65. The highest BCUT2D eigenvalue weighted by molar-refractivity contribution is 4.91. The second-order valence-electron chi connectivity index (χ2n) is 6.67. The average Bonchev–Trinajstić information content (AvgIpc) is 2.28. The van der Waals surface area contributed by atoms with E-state index >= 15 is 0 Å². The van der Waals surface area contributed by atoms with E-state index < -0.39 is 0 Å². The Kier molecular flexibility index (Phi) is 6.09. The largest absolute Gasteiger partial charge is 0.384 e. The highest BCUT2D eigenvalue weighted by Gasteiger charge is 2.41. The van der Waals surface area contributed by atoms with Crippen molar-refractivity contribution in [3.05, 3.63) is 0 Å². The number of rotatable bonds is 5. The summed E-state index contributed by atoms with van der Waals surface area (Å²) in [4.78, 5) is 0. The van der Waals surface area contributed by atoms with Gasteiger partial charge in [0.05, 0.1) is 19.3 Å². The fourth-order valence-electron chi connectivity index (χ4n) is 3.33. The molecule has 1 rings (SSSR count). The first-order chi connectivity index (χ1) is 8.43. The lowest BCUT2D eigenvalue weighted by atomic mass is 9.64. The molecule has 0 aromatic carbocycles. The van der Waals surface area contributed by atoms with Gasteiger partial charge in [-0.15, -0.1) is 0 Å². The van der Waals surface area contributed by atoms with Crippen molar-refractivity contribution in [1.29, 1.82) is 0 Å². The van der Waals surface area contributed by atoms with Gasteiger partial charge in [0.15, 0.2) is 0 Å². The molecule has 0 aliphatic heterocycles. The molecule has 0 aromatic rings. The van der Waals surface area contributed by atoms with Crippen molar-refractivity contribution in [3.63, 3.8) is 0 Å². The predicted octanol–water partition coefficient (Wildman–Crippen LogP) is 2.98. The summed E-state index contributed by atoms with van der Waals surface area (Å²) in [5.41, 5.74) is 0.344. The van der Waals surface area contributed by atoms with E-state index in [4.69, 9.17) is 14.2 Å². The summed E-state index contributed by atoms with van der Waals surface area (Å²) in [5.74, 6) is 1.68. The van der Waals surface area contributed by atoms with Crippen LogP contribution in [0.2, 0.25) is 0 Å². The van der Waals surface area contributed by atoms with Gasteiger partial charge in [-0.3, -0.25) is 0 Å². The number of hydrogen-bond donors (Lipinski definition) is 0. The van der Waals surface area contributed by atoms with Gasteiger partial charge in [-0.25, -0.2) is 0 Å². The van der Waals surface area contributed by atoms with E-state index in [2.05, 4.69) is 20.8 Å². The van der Waals surface area contributed by atoms with Crippen molar-refractivity contribution in [3.8, 4) is 0 Å². The zero-order chi connectivity index (χ0) is 13.8. The maximum atomic E-state index is 5.72. The minimum absolute atomic E-state index is 0.267. The van der Waals surface area contributed by atoms with Gasteiger partial charge in [0.1, 0.15) is 0 Å². The van der Waals surface area contributed by atoms with Gasteiger partial charge in [-0.05, 0) is 24.2 Å². The van der Waals surface area contributed by atoms with Gasteiger partial charge in [0.2, 0.25) is 0 Å². The first-order valence-corrected chi connectivity index (χ1v) is 6.94. The number of hydrogen-bond acceptors (Lipinski definition) is 3. The van der Waals surface area contributed by atoms with Gasteiger partial charge in [0.25, 0.3) is 0 Å². The van der Waals surface area contributed by atoms with Crippen LogP contribution in [0.3, 0.4) is 0 Å². The average molecular weight is 258 g/mol. The molecule has 0 N–H and O–H groups in total. The van der Waals surface area contributed by atoms with Crippen LogP contribution in [-0.2, 0) is 14.2 Å². The van der Waals surface area contributed by atoms with E-state index in [0.29, 0.717) is 23.2 Å². The topological polar surface area (TPSA) is 27.7 Å². The lowest BCUT2D eigenvalue weighted by Crippen LogP contribution is -2.45. The van der Waals surface area contributed by atoms with E-state index in [1.165, 1.54) is 12.8 Å². The predicted molar refractivity (Wildman–Crippen MR) is 73.7 cm³/mol. The Hall–Kier alpha value is -0.120. The van der Waals surface area contributed by atoms with E-state index in [9.17, 15) is 0 Å². The van der Waals surface area contributed by atoms with Crippen molar-refractivity contribution in [1.82, 2.24) is 0 Å². The molecular weight excluding hydrogens is 228 g/mol. The van der Waals surface area contributed by atoms with E-state index in [0.717, 1.165) is 13.2 Å². The van der Waals surface area contributed by atoms with Gasteiger partial charge < -0.3 is 14.2 Å². The van der Waals surface area contributed by atoms with Crippen LogP contribution in [0.1, 0.15) is 33.6 Å². The fraction of sp³-hybridized carbons (Fsp3) is 1.00. The van der Waals surface area contributed by atoms with Gasteiger partial charge in [-0.1, -0.05) is 20.8 Å². The van der Waals surface area contributed by atoms with Crippen LogP contribution in [0.5, 0.6) is 0 Å². The lowest BCUT2D eigenvalue weighted by Gasteiger charge is -2.45. The van der Waals surface area contributed by atoms with Crippen molar-refractivity contribution in [2.75, 3.05) is 34.5 Å². The summed E-state index contributed by atoms with van der Waals surface area (Å²) < 4.78 is 16.5. The maximum Gasteiger partial charge on any atom is 0.0671 e.